The van der Waals surface area contributed by atoms with Crippen molar-refractivity contribution in [2.45, 2.75) is 26.8 Å². The van der Waals surface area contributed by atoms with Crippen LogP contribution in [0.15, 0.2) is 24.3 Å². The molecule has 3 rings (SSSR count). The fraction of sp³-hybridized carbons (Fsp3) is 0.375. The van der Waals surface area contributed by atoms with Crippen LogP contribution in [0.5, 0.6) is 0 Å². The molecule has 4 nitrogen and oxygen atoms in total. The zero-order valence-corrected chi connectivity index (χ0v) is 13.4. The number of halogens is 1. The highest BCUT2D eigenvalue weighted by molar-refractivity contribution is 6.17. The molecule has 21 heavy (non-hydrogen) atoms. The maximum Gasteiger partial charge on any atom is 0.158 e. The van der Waals surface area contributed by atoms with E-state index >= 15 is 0 Å². The van der Waals surface area contributed by atoms with E-state index in [0.717, 1.165) is 35.6 Å². The molecular formula is C16H19ClN4. The number of nitrogens with zero attached hydrogens (tertiary/aromatic N) is 4. The molecule has 0 N–H and O–H groups in total. The minimum atomic E-state index is 0.573. The second-order valence-corrected chi connectivity index (χ2v) is 5.74. The van der Waals surface area contributed by atoms with Crippen molar-refractivity contribution >= 4 is 22.8 Å². The number of aryl methyl sites for hydroxylation is 4. The Balaban J connectivity index is 2.15. The topological polar surface area (TPSA) is 35.6 Å². The molecule has 0 aliphatic carbocycles. The summed E-state index contributed by atoms with van der Waals surface area (Å²) in [4.78, 5) is 4.74. The second kappa shape index (κ2) is 5.53. The zero-order valence-electron chi connectivity index (χ0n) is 12.6. The fourth-order valence-electron chi connectivity index (χ4n) is 2.78. The largest absolute Gasteiger partial charge is 0.308 e. The minimum absolute atomic E-state index is 0.573. The van der Waals surface area contributed by atoms with E-state index in [9.17, 15) is 0 Å². The number of aromatic nitrogens is 4. The van der Waals surface area contributed by atoms with Gasteiger partial charge in [0.2, 0.25) is 0 Å². The van der Waals surface area contributed by atoms with Crippen LogP contribution in [0.1, 0.15) is 22.6 Å². The van der Waals surface area contributed by atoms with Crippen LogP contribution in [-0.4, -0.2) is 25.2 Å². The minimum Gasteiger partial charge on any atom is -0.308 e. The predicted molar refractivity (Wildman–Crippen MR) is 85.9 cm³/mol. The summed E-state index contributed by atoms with van der Waals surface area (Å²) in [6.07, 6.45) is 0.765. The molecule has 2 heterocycles. The maximum absolute atomic E-state index is 5.94. The highest BCUT2D eigenvalue weighted by atomic mass is 35.5. The lowest BCUT2D eigenvalue weighted by atomic mass is 10.1. The fourth-order valence-corrected chi connectivity index (χ4v) is 2.95. The standard InChI is InChI=1S/C16H19ClN4/c1-11-6-4-5-7-13(11)10-21-14(8-9-17)18-15-12(2)19-20(3)16(15)21/h4-7H,8-10H2,1-3H3. The Kier molecular flexibility index (Phi) is 3.72. The van der Waals surface area contributed by atoms with Gasteiger partial charge in [0, 0.05) is 19.3 Å². The molecule has 0 fully saturated rings. The van der Waals surface area contributed by atoms with Crippen molar-refractivity contribution in [3.05, 3.63) is 46.9 Å². The van der Waals surface area contributed by atoms with E-state index in [-0.39, 0.29) is 0 Å². The Bertz CT molecular complexity index is 785. The van der Waals surface area contributed by atoms with E-state index < -0.39 is 0 Å². The molecule has 2 aromatic heterocycles. The Labute approximate surface area is 129 Å². The molecular weight excluding hydrogens is 284 g/mol. The third-order valence-corrected chi connectivity index (χ3v) is 4.07. The van der Waals surface area contributed by atoms with Gasteiger partial charge in [-0.1, -0.05) is 24.3 Å². The SMILES string of the molecule is Cc1ccccc1Cn1c(CCCl)nc2c(C)nn(C)c21. The van der Waals surface area contributed by atoms with E-state index in [1.807, 2.05) is 18.7 Å². The molecule has 0 spiro atoms. The Morgan fingerprint density at radius 2 is 1.95 bits per heavy atom. The van der Waals surface area contributed by atoms with Gasteiger partial charge in [-0.15, -0.1) is 11.6 Å². The van der Waals surface area contributed by atoms with Crippen molar-refractivity contribution in [3.8, 4) is 0 Å². The van der Waals surface area contributed by atoms with Crippen LogP contribution in [0.25, 0.3) is 11.2 Å². The van der Waals surface area contributed by atoms with Crippen molar-refractivity contribution in [2.75, 3.05) is 5.88 Å². The molecule has 0 atom stereocenters. The Hall–Kier alpha value is -1.81. The summed E-state index contributed by atoms with van der Waals surface area (Å²) < 4.78 is 4.15. The van der Waals surface area contributed by atoms with Crippen molar-refractivity contribution in [1.82, 2.24) is 19.3 Å². The van der Waals surface area contributed by atoms with Crippen molar-refractivity contribution in [2.24, 2.45) is 7.05 Å². The van der Waals surface area contributed by atoms with Crippen LogP contribution in [0.2, 0.25) is 0 Å². The van der Waals surface area contributed by atoms with Crippen LogP contribution < -0.4 is 0 Å². The number of rotatable bonds is 4. The first-order chi connectivity index (χ1) is 10.1. The summed E-state index contributed by atoms with van der Waals surface area (Å²) in [6.45, 7) is 4.94. The monoisotopic (exact) mass is 302 g/mol. The quantitative estimate of drug-likeness (QED) is 0.694. The number of hydrogen-bond acceptors (Lipinski definition) is 2. The van der Waals surface area contributed by atoms with Gasteiger partial charge >= 0.3 is 0 Å². The van der Waals surface area contributed by atoms with Crippen LogP contribution in [0, 0.1) is 13.8 Å². The lowest BCUT2D eigenvalue weighted by molar-refractivity contribution is 0.690. The third kappa shape index (κ3) is 2.44. The smallest absolute Gasteiger partial charge is 0.158 e. The van der Waals surface area contributed by atoms with Crippen LogP contribution >= 0.6 is 11.6 Å². The highest BCUT2D eigenvalue weighted by Gasteiger charge is 2.17. The lowest BCUT2D eigenvalue weighted by Gasteiger charge is -2.11. The molecule has 0 aliphatic heterocycles. The van der Waals surface area contributed by atoms with E-state index in [0.29, 0.717) is 5.88 Å². The van der Waals surface area contributed by atoms with E-state index in [1.165, 1.54) is 11.1 Å². The first-order valence-electron chi connectivity index (χ1n) is 7.11. The van der Waals surface area contributed by atoms with Crippen molar-refractivity contribution in [1.29, 1.82) is 0 Å². The van der Waals surface area contributed by atoms with Gasteiger partial charge in [-0.2, -0.15) is 5.10 Å². The summed E-state index contributed by atoms with van der Waals surface area (Å²) in [5.41, 5.74) is 5.59. The van der Waals surface area contributed by atoms with Gasteiger partial charge in [-0.05, 0) is 25.0 Å². The normalized spacial score (nSPS) is 11.4. The molecule has 0 bridgehead atoms. The summed E-state index contributed by atoms with van der Waals surface area (Å²) in [7, 11) is 1.97. The van der Waals surface area contributed by atoms with Gasteiger partial charge in [0.1, 0.15) is 11.3 Å². The summed E-state index contributed by atoms with van der Waals surface area (Å²) >= 11 is 5.94. The van der Waals surface area contributed by atoms with E-state index in [1.54, 1.807) is 0 Å². The maximum atomic E-state index is 5.94. The number of benzene rings is 1. The van der Waals surface area contributed by atoms with Gasteiger partial charge in [0.25, 0.3) is 0 Å². The van der Waals surface area contributed by atoms with E-state index in [4.69, 9.17) is 16.6 Å². The first-order valence-corrected chi connectivity index (χ1v) is 7.64. The van der Waals surface area contributed by atoms with Gasteiger partial charge in [0.05, 0.1) is 12.2 Å². The molecule has 0 radical (unpaired) electrons. The number of hydrogen-bond donors (Lipinski definition) is 0. The highest BCUT2D eigenvalue weighted by Crippen LogP contribution is 2.22. The van der Waals surface area contributed by atoms with Crippen molar-refractivity contribution < 1.29 is 0 Å². The molecule has 0 saturated heterocycles. The van der Waals surface area contributed by atoms with Gasteiger partial charge in [-0.25, -0.2) is 4.98 Å². The average molecular weight is 303 g/mol. The summed E-state index contributed by atoms with van der Waals surface area (Å²) in [5.74, 6) is 1.60. The van der Waals surface area contributed by atoms with Gasteiger partial charge < -0.3 is 4.57 Å². The number of fused-ring (bicyclic) bond motifs is 1. The van der Waals surface area contributed by atoms with Gasteiger partial charge in [-0.3, -0.25) is 4.68 Å². The molecule has 5 heteroatoms. The van der Waals surface area contributed by atoms with Crippen molar-refractivity contribution in [3.63, 3.8) is 0 Å². The number of imidazole rings is 1. The van der Waals surface area contributed by atoms with Crippen LogP contribution in [-0.2, 0) is 20.0 Å². The molecule has 0 unspecified atom stereocenters. The first kappa shape index (κ1) is 14.1. The second-order valence-electron chi connectivity index (χ2n) is 5.36. The summed E-state index contributed by atoms with van der Waals surface area (Å²) in [6, 6.07) is 8.44. The lowest BCUT2D eigenvalue weighted by Crippen LogP contribution is -2.10. The average Bonchev–Trinajstić information content (AvgIpc) is 2.93. The summed E-state index contributed by atoms with van der Waals surface area (Å²) in [5, 5.41) is 4.48. The van der Waals surface area contributed by atoms with Gasteiger partial charge in [0.15, 0.2) is 5.65 Å². The Morgan fingerprint density at radius 3 is 2.67 bits per heavy atom. The third-order valence-electron chi connectivity index (χ3n) is 3.88. The number of alkyl halides is 1. The van der Waals surface area contributed by atoms with Crippen LogP contribution in [0.3, 0.4) is 0 Å². The molecule has 0 saturated carbocycles. The molecule has 0 aliphatic rings. The molecule has 0 amide bonds. The molecule has 110 valence electrons. The van der Waals surface area contributed by atoms with Crippen LogP contribution in [0.4, 0.5) is 0 Å². The molecule has 3 aromatic rings. The van der Waals surface area contributed by atoms with E-state index in [2.05, 4.69) is 40.9 Å². The molecule has 1 aromatic carbocycles. The zero-order chi connectivity index (χ0) is 15.0. The Morgan fingerprint density at radius 1 is 1.19 bits per heavy atom. The predicted octanol–water partition coefficient (Wildman–Crippen LogP) is 3.22.